The predicted octanol–water partition coefficient (Wildman–Crippen LogP) is 1.78. The molecule has 2 saturated heterocycles. The number of ether oxygens (including phenoxy) is 1. The fourth-order valence-corrected chi connectivity index (χ4v) is 5.65. The van der Waals surface area contributed by atoms with Crippen molar-refractivity contribution in [2.75, 3.05) is 50.5 Å². The van der Waals surface area contributed by atoms with Gasteiger partial charge in [-0.1, -0.05) is 17.4 Å². The van der Waals surface area contributed by atoms with E-state index < -0.39 is 9.84 Å². The van der Waals surface area contributed by atoms with Gasteiger partial charge in [0.2, 0.25) is 5.91 Å². The second-order valence-electron chi connectivity index (χ2n) is 7.07. The zero-order valence-electron chi connectivity index (χ0n) is 15.3. The third kappa shape index (κ3) is 3.81. The predicted molar refractivity (Wildman–Crippen MR) is 105 cm³/mol. The lowest BCUT2D eigenvalue weighted by Gasteiger charge is -2.35. The van der Waals surface area contributed by atoms with E-state index in [1.165, 1.54) is 17.6 Å². The molecule has 0 saturated carbocycles. The van der Waals surface area contributed by atoms with E-state index in [1.807, 2.05) is 11.0 Å². The molecule has 1 amide bonds. The number of rotatable bonds is 3. The van der Waals surface area contributed by atoms with Gasteiger partial charge in [0, 0.05) is 38.4 Å². The molecule has 0 unspecified atom stereocenters. The van der Waals surface area contributed by atoms with Gasteiger partial charge in [-0.3, -0.25) is 4.79 Å². The van der Waals surface area contributed by atoms with Gasteiger partial charge in [0.15, 0.2) is 15.0 Å². The quantitative estimate of drug-likeness (QED) is 0.769. The summed E-state index contributed by atoms with van der Waals surface area (Å²) in [5.74, 6) is 0.293. The molecule has 4 rings (SSSR count). The van der Waals surface area contributed by atoms with Gasteiger partial charge in [-0.25, -0.2) is 13.4 Å². The van der Waals surface area contributed by atoms with Crippen molar-refractivity contribution < 1.29 is 17.9 Å². The van der Waals surface area contributed by atoms with Gasteiger partial charge in [-0.2, -0.15) is 0 Å². The van der Waals surface area contributed by atoms with Gasteiger partial charge in [-0.05, 0) is 25.0 Å². The van der Waals surface area contributed by atoms with Crippen molar-refractivity contribution in [2.24, 2.45) is 5.92 Å². The minimum Gasteiger partial charge on any atom is -0.378 e. The maximum Gasteiger partial charge on any atom is 0.225 e. The van der Waals surface area contributed by atoms with Crippen LogP contribution < -0.4 is 4.90 Å². The lowest BCUT2D eigenvalue weighted by Crippen LogP contribution is -2.46. The van der Waals surface area contributed by atoms with E-state index in [-0.39, 0.29) is 16.7 Å². The Bertz CT molecular complexity index is 943. The van der Waals surface area contributed by atoms with Crippen molar-refractivity contribution in [2.45, 2.75) is 17.7 Å². The van der Waals surface area contributed by atoms with Gasteiger partial charge < -0.3 is 14.5 Å². The highest BCUT2D eigenvalue weighted by Crippen LogP contribution is 2.34. The Morgan fingerprint density at radius 1 is 1.19 bits per heavy atom. The summed E-state index contributed by atoms with van der Waals surface area (Å²) in [4.78, 5) is 21.6. The average Bonchev–Trinajstić information content (AvgIpc) is 3.11. The first-order valence-corrected chi connectivity index (χ1v) is 11.9. The number of sulfone groups is 1. The Kier molecular flexibility index (Phi) is 5.09. The van der Waals surface area contributed by atoms with E-state index in [9.17, 15) is 13.2 Å². The maximum atomic E-state index is 12.7. The zero-order chi connectivity index (χ0) is 19.0. The highest BCUT2D eigenvalue weighted by Gasteiger charge is 2.30. The van der Waals surface area contributed by atoms with Crippen molar-refractivity contribution in [3.05, 3.63) is 18.2 Å². The molecule has 0 radical (unpaired) electrons. The smallest absolute Gasteiger partial charge is 0.225 e. The number of piperidine rings is 1. The molecule has 2 aliphatic heterocycles. The van der Waals surface area contributed by atoms with Crippen LogP contribution in [0.15, 0.2) is 23.1 Å². The second-order valence-corrected chi connectivity index (χ2v) is 10.1. The molecule has 2 aromatic rings. The maximum absolute atomic E-state index is 12.7. The Hall–Kier alpha value is -1.71. The first-order chi connectivity index (χ1) is 12.9. The van der Waals surface area contributed by atoms with Crippen LogP contribution in [-0.2, 0) is 19.4 Å². The van der Waals surface area contributed by atoms with E-state index in [0.717, 1.165) is 35.8 Å². The fourth-order valence-electron chi connectivity index (χ4n) is 3.71. The minimum absolute atomic E-state index is 0.0558. The number of para-hydroxylation sites is 1. The molecule has 0 N–H and O–H groups in total. The summed E-state index contributed by atoms with van der Waals surface area (Å²) in [6.45, 7) is 4.14. The molecule has 0 aliphatic carbocycles. The first-order valence-electron chi connectivity index (χ1n) is 9.14. The molecule has 146 valence electrons. The Morgan fingerprint density at radius 2 is 1.89 bits per heavy atom. The third-order valence-electron chi connectivity index (χ3n) is 5.21. The van der Waals surface area contributed by atoms with Gasteiger partial charge in [-0.15, -0.1) is 0 Å². The molecule has 27 heavy (non-hydrogen) atoms. The van der Waals surface area contributed by atoms with Crippen LogP contribution in [0.3, 0.4) is 0 Å². The second kappa shape index (κ2) is 7.37. The van der Waals surface area contributed by atoms with Crippen LogP contribution in [0, 0.1) is 5.92 Å². The van der Waals surface area contributed by atoms with Crippen LogP contribution in [0.5, 0.6) is 0 Å². The van der Waals surface area contributed by atoms with Gasteiger partial charge in [0.25, 0.3) is 0 Å². The zero-order valence-corrected chi connectivity index (χ0v) is 16.9. The summed E-state index contributed by atoms with van der Waals surface area (Å²) in [6.07, 6.45) is 2.81. The van der Waals surface area contributed by atoms with Crippen molar-refractivity contribution in [1.29, 1.82) is 0 Å². The number of fused-ring (bicyclic) bond motifs is 1. The monoisotopic (exact) mass is 409 g/mol. The van der Waals surface area contributed by atoms with E-state index in [2.05, 4.69) is 9.88 Å². The standard InChI is InChI=1S/C18H23N3O4S2/c1-27(23,24)15-4-2-3-14-16(15)19-18(26-14)21-7-5-13(6-8-21)17(22)20-9-11-25-12-10-20/h2-4,13H,5-12H2,1H3. The highest BCUT2D eigenvalue weighted by molar-refractivity contribution is 7.91. The summed E-state index contributed by atoms with van der Waals surface area (Å²) in [5, 5.41) is 0.832. The van der Waals surface area contributed by atoms with E-state index in [4.69, 9.17) is 4.74 Å². The van der Waals surface area contributed by atoms with E-state index in [1.54, 1.807) is 12.1 Å². The van der Waals surface area contributed by atoms with Crippen molar-refractivity contribution in [1.82, 2.24) is 9.88 Å². The number of benzene rings is 1. The normalized spacial score (nSPS) is 19.6. The van der Waals surface area contributed by atoms with E-state index >= 15 is 0 Å². The largest absolute Gasteiger partial charge is 0.378 e. The van der Waals surface area contributed by atoms with Crippen LogP contribution in [0.1, 0.15) is 12.8 Å². The molecule has 2 aliphatic rings. The van der Waals surface area contributed by atoms with Gasteiger partial charge in [0.1, 0.15) is 5.52 Å². The van der Waals surface area contributed by atoms with Crippen molar-refractivity contribution >= 4 is 42.4 Å². The number of carbonyl (C=O) groups excluding carboxylic acids is 1. The molecule has 2 fully saturated rings. The molecule has 0 spiro atoms. The number of morpholine rings is 1. The average molecular weight is 410 g/mol. The Morgan fingerprint density at radius 3 is 2.56 bits per heavy atom. The number of nitrogens with zero attached hydrogens (tertiary/aromatic N) is 3. The van der Waals surface area contributed by atoms with Crippen molar-refractivity contribution in [3.8, 4) is 0 Å². The van der Waals surface area contributed by atoms with Crippen LogP contribution in [0.2, 0.25) is 0 Å². The summed E-state index contributed by atoms with van der Waals surface area (Å²) in [5.41, 5.74) is 0.548. The third-order valence-corrected chi connectivity index (χ3v) is 7.42. The molecule has 9 heteroatoms. The van der Waals surface area contributed by atoms with Crippen LogP contribution in [-0.4, -0.2) is 69.9 Å². The summed E-state index contributed by atoms with van der Waals surface area (Å²) < 4.78 is 30.2. The lowest BCUT2D eigenvalue weighted by atomic mass is 9.95. The SMILES string of the molecule is CS(=O)(=O)c1cccc2sc(N3CCC(C(=O)N4CCOCC4)CC3)nc12. The number of carbonyl (C=O) groups is 1. The molecule has 0 atom stereocenters. The molecular formula is C18H23N3O4S2. The number of anilines is 1. The lowest BCUT2D eigenvalue weighted by molar-refractivity contribution is -0.140. The molecular weight excluding hydrogens is 386 g/mol. The van der Waals surface area contributed by atoms with Crippen LogP contribution in [0.4, 0.5) is 5.13 Å². The highest BCUT2D eigenvalue weighted by atomic mass is 32.2. The Balaban J connectivity index is 1.47. The number of aromatic nitrogens is 1. The summed E-state index contributed by atoms with van der Waals surface area (Å²) >= 11 is 1.51. The molecule has 0 bridgehead atoms. The van der Waals surface area contributed by atoms with Gasteiger partial charge in [0.05, 0.1) is 22.8 Å². The summed E-state index contributed by atoms with van der Waals surface area (Å²) in [6, 6.07) is 5.27. The van der Waals surface area contributed by atoms with Crippen LogP contribution in [0.25, 0.3) is 10.2 Å². The molecule has 1 aromatic heterocycles. The number of thiazole rings is 1. The molecule has 7 nitrogen and oxygen atoms in total. The van der Waals surface area contributed by atoms with Crippen LogP contribution >= 0.6 is 11.3 Å². The number of hydrogen-bond donors (Lipinski definition) is 0. The van der Waals surface area contributed by atoms with E-state index in [0.29, 0.717) is 31.8 Å². The Labute approximate surface area is 162 Å². The first kappa shape index (κ1) is 18.6. The summed E-state index contributed by atoms with van der Waals surface area (Å²) in [7, 11) is -3.31. The molecule has 1 aromatic carbocycles. The topological polar surface area (TPSA) is 79.8 Å². The number of hydrogen-bond acceptors (Lipinski definition) is 7. The van der Waals surface area contributed by atoms with Gasteiger partial charge >= 0.3 is 0 Å². The van der Waals surface area contributed by atoms with Crippen molar-refractivity contribution in [3.63, 3.8) is 0 Å². The fraction of sp³-hybridized carbons (Fsp3) is 0.556. The number of amides is 1. The minimum atomic E-state index is -3.31. The molecule has 3 heterocycles.